The van der Waals surface area contributed by atoms with E-state index >= 15 is 0 Å². The summed E-state index contributed by atoms with van der Waals surface area (Å²) in [6, 6.07) is 4.86. The summed E-state index contributed by atoms with van der Waals surface area (Å²) < 4.78 is 61.4. The van der Waals surface area contributed by atoms with Gasteiger partial charge in [-0.2, -0.15) is 16.8 Å². The van der Waals surface area contributed by atoms with Crippen molar-refractivity contribution in [1.82, 2.24) is 4.72 Å². The van der Waals surface area contributed by atoms with Crippen LogP contribution in [0.3, 0.4) is 0 Å². The van der Waals surface area contributed by atoms with Crippen LogP contribution in [0.4, 0.5) is 5.69 Å². The monoisotopic (exact) mass is 312 g/mol. The first-order valence-corrected chi connectivity index (χ1v) is 7.50. The first kappa shape index (κ1) is 14.8. The molecule has 11 heteroatoms. The summed E-state index contributed by atoms with van der Waals surface area (Å²) >= 11 is 4.55. The van der Waals surface area contributed by atoms with Crippen molar-refractivity contribution in [3.8, 4) is 0 Å². The van der Waals surface area contributed by atoms with Crippen molar-refractivity contribution in [2.45, 2.75) is 4.90 Å². The van der Waals surface area contributed by atoms with Gasteiger partial charge in [-0.1, -0.05) is 6.07 Å². The molecule has 0 saturated carbocycles. The van der Waals surface area contributed by atoms with Gasteiger partial charge in [-0.3, -0.25) is 9.11 Å². The van der Waals surface area contributed by atoms with Gasteiger partial charge in [0.05, 0.1) is 4.90 Å². The Balaban J connectivity index is 2.90. The highest BCUT2D eigenvalue weighted by Gasteiger charge is 2.11. The molecule has 18 heavy (non-hydrogen) atoms. The zero-order valence-corrected chi connectivity index (χ0v) is 11.0. The first-order valence-electron chi connectivity index (χ1n) is 4.22. The Hall–Kier alpha value is -1.27. The number of anilines is 1. The normalized spacial score (nSPS) is 11.9. The first-order chi connectivity index (χ1) is 8.08. The van der Waals surface area contributed by atoms with Crippen molar-refractivity contribution < 1.29 is 25.9 Å². The smallest absolute Gasteiger partial charge is 0.332 e. The summed E-state index contributed by atoms with van der Waals surface area (Å²) in [6.07, 6.45) is 0. The van der Waals surface area contributed by atoms with Crippen LogP contribution in [0, 0.1) is 0 Å². The van der Waals surface area contributed by atoms with E-state index in [1.807, 2.05) is 0 Å². The van der Waals surface area contributed by atoms with Crippen molar-refractivity contribution >= 4 is 43.4 Å². The second kappa shape index (κ2) is 5.16. The van der Waals surface area contributed by atoms with Gasteiger partial charge in [0.2, 0.25) is 0 Å². The Morgan fingerprint density at radius 1 is 1.17 bits per heavy atom. The van der Waals surface area contributed by atoms with Gasteiger partial charge in [0.1, 0.15) is 0 Å². The zero-order valence-electron chi connectivity index (χ0n) is 8.56. The molecule has 1 aromatic carbocycles. The minimum absolute atomic E-state index is 0.117. The fourth-order valence-corrected chi connectivity index (χ4v) is 2.25. The van der Waals surface area contributed by atoms with Crippen molar-refractivity contribution in [2.24, 2.45) is 0 Å². The van der Waals surface area contributed by atoms with Crippen LogP contribution in [0.2, 0.25) is 0 Å². The van der Waals surface area contributed by atoms with E-state index in [4.69, 9.17) is 9.11 Å². The predicted molar refractivity (Wildman–Crippen MR) is 67.2 cm³/mol. The van der Waals surface area contributed by atoms with Gasteiger partial charge in [-0.25, -0.2) is 4.72 Å². The molecule has 0 atom stereocenters. The quantitative estimate of drug-likeness (QED) is 0.453. The average Bonchev–Trinajstić information content (AvgIpc) is 2.13. The minimum Gasteiger partial charge on any atom is -0.332 e. The molecule has 1 aromatic rings. The van der Waals surface area contributed by atoms with Gasteiger partial charge in [0.15, 0.2) is 5.11 Å². The number of benzene rings is 1. The maximum Gasteiger partial charge on any atom is 0.359 e. The van der Waals surface area contributed by atoms with E-state index in [9.17, 15) is 16.8 Å². The lowest BCUT2D eigenvalue weighted by Crippen LogP contribution is -2.33. The highest BCUT2D eigenvalue weighted by atomic mass is 32.2. The molecule has 0 radical (unpaired) electrons. The van der Waals surface area contributed by atoms with Crippen LogP contribution < -0.4 is 10.0 Å². The summed E-state index contributed by atoms with van der Waals surface area (Å²) in [6.45, 7) is 0. The number of hydrogen-bond donors (Lipinski definition) is 4. The molecule has 0 amide bonds. The lowest BCUT2D eigenvalue weighted by molar-refractivity contribution is 0.477. The topological polar surface area (TPSA) is 133 Å². The standard InChI is InChI=1S/C7H8N2O6S3/c10-17(11,12)6-3-1-2-5(4-6)8-7(16)9-18(13,14)15/h1-4H,(H2,8,9,16)(H,10,11,12)(H,13,14,15). The molecule has 0 bridgehead atoms. The van der Waals surface area contributed by atoms with Crippen molar-refractivity contribution in [3.05, 3.63) is 24.3 Å². The Labute approximate surface area is 109 Å². The second-order valence-corrected chi connectivity index (χ2v) is 6.02. The second-order valence-electron chi connectivity index (χ2n) is 3.03. The Kier molecular flexibility index (Phi) is 4.24. The van der Waals surface area contributed by atoms with Gasteiger partial charge in [-0.05, 0) is 30.4 Å². The molecule has 0 aliphatic heterocycles. The van der Waals surface area contributed by atoms with Gasteiger partial charge in [0, 0.05) is 5.69 Å². The molecule has 4 N–H and O–H groups in total. The Morgan fingerprint density at radius 2 is 1.78 bits per heavy atom. The predicted octanol–water partition coefficient (Wildman–Crippen LogP) is 0.0225. The van der Waals surface area contributed by atoms with E-state index in [1.165, 1.54) is 12.1 Å². The molecule has 0 spiro atoms. The van der Waals surface area contributed by atoms with E-state index < -0.39 is 25.5 Å². The van der Waals surface area contributed by atoms with Crippen LogP contribution in [-0.2, 0) is 20.4 Å². The number of hydrogen-bond acceptors (Lipinski definition) is 5. The molecule has 0 aliphatic rings. The SMILES string of the molecule is O=S(=O)(O)NC(=S)Nc1cccc(S(=O)(=O)O)c1. The maximum absolute atomic E-state index is 10.8. The van der Waals surface area contributed by atoms with Crippen molar-refractivity contribution in [2.75, 3.05) is 5.32 Å². The van der Waals surface area contributed by atoms with E-state index in [0.717, 1.165) is 12.1 Å². The van der Waals surface area contributed by atoms with Crippen molar-refractivity contribution in [1.29, 1.82) is 0 Å². The fourth-order valence-electron chi connectivity index (χ4n) is 1.01. The minimum atomic E-state index is -4.50. The molecule has 100 valence electrons. The number of rotatable bonds is 3. The number of thiocarbonyl (C=S) groups is 1. The molecule has 0 unspecified atom stereocenters. The van der Waals surface area contributed by atoms with E-state index in [2.05, 4.69) is 17.5 Å². The lowest BCUT2D eigenvalue weighted by atomic mass is 10.3. The van der Waals surface area contributed by atoms with Crippen LogP contribution in [0.5, 0.6) is 0 Å². The maximum atomic E-state index is 10.8. The average molecular weight is 312 g/mol. The van der Waals surface area contributed by atoms with Crippen molar-refractivity contribution in [3.63, 3.8) is 0 Å². The molecular weight excluding hydrogens is 304 g/mol. The van der Waals surface area contributed by atoms with Crippen LogP contribution in [0.15, 0.2) is 29.2 Å². The Bertz CT molecular complexity index is 666. The highest BCUT2D eigenvalue weighted by Crippen LogP contribution is 2.14. The summed E-state index contributed by atoms with van der Waals surface area (Å²) in [5.74, 6) is 0. The summed E-state index contributed by atoms with van der Waals surface area (Å²) in [5.41, 5.74) is 0.117. The van der Waals surface area contributed by atoms with Gasteiger partial charge in [-0.15, -0.1) is 0 Å². The summed E-state index contributed by atoms with van der Waals surface area (Å²) in [5, 5.41) is 1.86. The molecule has 0 heterocycles. The van der Waals surface area contributed by atoms with E-state index in [1.54, 1.807) is 4.72 Å². The zero-order chi connectivity index (χ0) is 14.0. The fraction of sp³-hybridized carbons (Fsp3) is 0. The largest absolute Gasteiger partial charge is 0.359 e. The molecule has 0 fully saturated rings. The van der Waals surface area contributed by atoms with E-state index in [-0.39, 0.29) is 10.6 Å². The van der Waals surface area contributed by atoms with Gasteiger partial charge < -0.3 is 5.32 Å². The van der Waals surface area contributed by atoms with Crippen LogP contribution in [0.25, 0.3) is 0 Å². The molecule has 0 saturated heterocycles. The lowest BCUT2D eigenvalue weighted by Gasteiger charge is -2.08. The third-order valence-electron chi connectivity index (χ3n) is 1.61. The van der Waals surface area contributed by atoms with Crippen LogP contribution in [0.1, 0.15) is 0 Å². The summed E-state index contributed by atoms with van der Waals surface area (Å²) in [7, 11) is -8.87. The molecule has 8 nitrogen and oxygen atoms in total. The highest BCUT2D eigenvalue weighted by molar-refractivity contribution is 7.87. The van der Waals surface area contributed by atoms with Crippen LogP contribution >= 0.6 is 12.2 Å². The van der Waals surface area contributed by atoms with E-state index in [0.29, 0.717) is 0 Å². The molecule has 1 rings (SSSR count). The number of nitrogens with one attached hydrogen (secondary N) is 2. The molecule has 0 aliphatic carbocycles. The molecular formula is C7H8N2O6S3. The van der Waals surface area contributed by atoms with Gasteiger partial charge >= 0.3 is 10.3 Å². The van der Waals surface area contributed by atoms with Crippen LogP contribution in [-0.4, -0.2) is 31.1 Å². The third kappa shape index (κ3) is 4.93. The third-order valence-corrected chi connectivity index (χ3v) is 3.26. The Morgan fingerprint density at radius 3 is 2.28 bits per heavy atom. The molecule has 0 aromatic heterocycles. The summed E-state index contributed by atoms with van der Waals surface area (Å²) in [4.78, 5) is -0.387. The van der Waals surface area contributed by atoms with Gasteiger partial charge in [0.25, 0.3) is 10.1 Å².